The maximum Gasteiger partial charge on any atom is 0.338 e. The molecule has 0 aromatic heterocycles. The summed E-state index contributed by atoms with van der Waals surface area (Å²) in [5.74, 6) is -0.817. The van der Waals surface area contributed by atoms with E-state index in [4.69, 9.17) is 4.74 Å². The number of unbranched alkanes of at least 4 members (excludes halogenated alkanes) is 1. The van der Waals surface area contributed by atoms with Gasteiger partial charge in [0.25, 0.3) is 11.4 Å². The van der Waals surface area contributed by atoms with Crippen LogP contribution >= 0.6 is 0 Å². The van der Waals surface area contributed by atoms with Crippen molar-refractivity contribution in [3.05, 3.63) is 56.1 Å². The summed E-state index contributed by atoms with van der Waals surface area (Å²) in [5.41, 5.74) is -1.25. The predicted octanol–water partition coefficient (Wildman–Crippen LogP) is 3.02. The predicted molar refractivity (Wildman–Crippen MR) is 74.1 cm³/mol. The van der Waals surface area contributed by atoms with Crippen LogP contribution in [0, 0.1) is 20.2 Å². The summed E-state index contributed by atoms with van der Waals surface area (Å²) in [6.45, 7) is 2.01. The number of hydrogen-bond acceptors (Lipinski definition) is 6. The number of allylic oxidation sites excluding steroid dienone is 2. The number of nitrogens with zero attached hydrogens (tertiary/aromatic N) is 2. The van der Waals surface area contributed by atoms with Crippen LogP contribution in [0.4, 0.5) is 11.4 Å². The van der Waals surface area contributed by atoms with Crippen LogP contribution in [0.3, 0.4) is 0 Å². The number of hydrogen-bond donors (Lipinski definition) is 0. The Bertz CT molecular complexity index is 550. The minimum absolute atomic E-state index is 0.139. The first kappa shape index (κ1) is 16.3. The Morgan fingerprint density at radius 2 is 1.76 bits per heavy atom. The quantitative estimate of drug-likeness (QED) is 0.251. The molecule has 0 heterocycles. The van der Waals surface area contributed by atoms with Gasteiger partial charge in [0.05, 0.1) is 28.1 Å². The van der Waals surface area contributed by atoms with Gasteiger partial charge in [-0.2, -0.15) is 0 Å². The minimum atomic E-state index is -0.817. The van der Waals surface area contributed by atoms with E-state index in [1.807, 2.05) is 19.1 Å². The van der Waals surface area contributed by atoms with Gasteiger partial charge >= 0.3 is 5.97 Å². The highest BCUT2D eigenvalue weighted by Gasteiger charge is 2.20. The summed E-state index contributed by atoms with van der Waals surface area (Å²) < 4.78 is 4.93. The largest absolute Gasteiger partial charge is 0.462 e. The van der Waals surface area contributed by atoms with E-state index < -0.39 is 27.2 Å². The summed E-state index contributed by atoms with van der Waals surface area (Å²) in [6, 6.07) is 2.71. The Hall–Kier alpha value is -2.77. The molecule has 0 atom stereocenters. The van der Waals surface area contributed by atoms with Gasteiger partial charge in [-0.05, 0) is 19.8 Å². The molecule has 0 aliphatic carbocycles. The van der Waals surface area contributed by atoms with Crippen LogP contribution in [0.1, 0.15) is 30.1 Å². The van der Waals surface area contributed by atoms with Gasteiger partial charge in [-0.1, -0.05) is 12.2 Å². The molecule has 0 saturated heterocycles. The van der Waals surface area contributed by atoms with Crippen LogP contribution < -0.4 is 0 Å². The molecule has 21 heavy (non-hydrogen) atoms. The van der Waals surface area contributed by atoms with Crippen LogP contribution in [0.25, 0.3) is 0 Å². The van der Waals surface area contributed by atoms with Crippen molar-refractivity contribution in [3.8, 4) is 0 Å². The second-order valence-corrected chi connectivity index (χ2v) is 4.10. The first-order valence-electron chi connectivity index (χ1n) is 6.18. The Kier molecular flexibility index (Phi) is 5.99. The Morgan fingerprint density at radius 3 is 2.24 bits per heavy atom. The fourth-order valence-corrected chi connectivity index (χ4v) is 1.54. The number of rotatable bonds is 7. The summed E-state index contributed by atoms with van der Waals surface area (Å²) in [7, 11) is 0. The topological polar surface area (TPSA) is 113 Å². The number of carbonyl (C=O) groups excluding carboxylic acids is 1. The van der Waals surface area contributed by atoms with E-state index in [0.717, 1.165) is 24.6 Å². The maximum atomic E-state index is 11.7. The lowest BCUT2D eigenvalue weighted by Crippen LogP contribution is -2.07. The zero-order chi connectivity index (χ0) is 15.8. The maximum absolute atomic E-state index is 11.7. The second kappa shape index (κ2) is 7.73. The zero-order valence-corrected chi connectivity index (χ0v) is 11.4. The molecule has 0 fully saturated rings. The van der Waals surface area contributed by atoms with E-state index in [2.05, 4.69) is 0 Å². The molecular weight excluding hydrogens is 280 g/mol. The van der Waals surface area contributed by atoms with Gasteiger partial charge in [0.15, 0.2) is 0 Å². The molecule has 0 amide bonds. The van der Waals surface area contributed by atoms with E-state index in [0.29, 0.717) is 6.42 Å². The average Bonchev–Trinajstić information content (AvgIpc) is 2.46. The zero-order valence-electron chi connectivity index (χ0n) is 11.4. The lowest BCUT2D eigenvalue weighted by molar-refractivity contribution is -0.394. The normalized spacial score (nSPS) is 10.5. The molecule has 0 bridgehead atoms. The highest BCUT2D eigenvalue weighted by molar-refractivity contribution is 5.91. The average molecular weight is 294 g/mol. The van der Waals surface area contributed by atoms with Crippen LogP contribution in [-0.4, -0.2) is 22.4 Å². The van der Waals surface area contributed by atoms with Gasteiger partial charge in [0.2, 0.25) is 0 Å². The molecule has 0 unspecified atom stereocenters. The number of carbonyl (C=O) groups is 1. The molecule has 0 aliphatic heterocycles. The number of ether oxygens (including phenoxy) is 1. The molecule has 0 spiro atoms. The van der Waals surface area contributed by atoms with Crippen molar-refractivity contribution < 1.29 is 19.4 Å². The van der Waals surface area contributed by atoms with Crippen molar-refractivity contribution in [2.24, 2.45) is 0 Å². The lowest BCUT2D eigenvalue weighted by Gasteiger charge is -2.04. The molecule has 1 aromatic rings. The van der Waals surface area contributed by atoms with Crippen LogP contribution in [0.5, 0.6) is 0 Å². The molecule has 8 nitrogen and oxygen atoms in total. The fourth-order valence-electron chi connectivity index (χ4n) is 1.54. The monoisotopic (exact) mass is 294 g/mol. The second-order valence-electron chi connectivity index (χ2n) is 4.10. The smallest absolute Gasteiger partial charge is 0.338 e. The van der Waals surface area contributed by atoms with Gasteiger partial charge < -0.3 is 4.74 Å². The van der Waals surface area contributed by atoms with E-state index in [1.165, 1.54) is 0 Å². The third-order valence-corrected chi connectivity index (χ3v) is 2.54. The van der Waals surface area contributed by atoms with Gasteiger partial charge in [-0.25, -0.2) is 4.79 Å². The number of non-ortho nitro benzene ring substituents is 2. The van der Waals surface area contributed by atoms with Crippen molar-refractivity contribution in [1.82, 2.24) is 0 Å². The highest BCUT2D eigenvalue weighted by atomic mass is 16.6. The van der Waals surface area contributed by atoms with Gasteiger partial charge in [-0.3, -0.25) is 20.2 Å². The van der Waals surface area contributed by atoms with Gasteiger partial charge in [0, 0.05) is 12.1 Å². The third kappa shape index (κ3) is 5.01. The Labute approximate surface area is 120 Å². The molecule has 8 heteroatoms. The molecule has 0 saturated carbocycles. The summed E-state index contributed by atoms with van der Waals surface area (Å²) in [6.07, 6.45) is 5.11. The Balaban J connectivity index is 2.83. The van der Waals surface area contributed by atoms with E-state index >= 15 is 0 Å². The van der Waals surface area contributed by atoms with Crippen molar-refractivity contribution in [3.63, 3.8) is 0 Å². The van der Waals surface area contributed by atoms with Crippen molar-refractivity contribution in [2.75, 3.05) is 6.61 Å². The molecule has 112 valence electrons. The fraction of sp³-hybridized carbons (Fsp3) is 0.308. The number of nitro benzene ring substituents is 2. The first-order valence-corrected chi connectivity index (χ1v) is 6.18. The van der Waals surface area contributed by atoms with Gasteiger partial charge in [0.1, 0.15) is 0 Å². The first-order chi connectivity index (χ1) is 9.95. The summed E-state index contributed by atoms with van der Waals surface area (Å²) in [4.78, 5) is 31.6. The van der Waals surface area contributed by atoms with Crippen molar-refractivity contribution in [2.45, 2.75) is 19.8 Å². The molecule has 0 N–H and O–H groups in total. The molecule has 1 rings (SSSR count). The number of benzene rings is 1. The van der Waals surface area contributed by atoms with Crippen LogP contribution in [-0.2, 0) is 4.74 Å². The van der Waals surface area contributed by atoms with E-state index in [1.54, 1.807) is 0 Å². The molecule has 0 radical (unpaired) electrons. The number of esters is 1. The molecular formula is C13H14N2O6. The Morgan fingerprint density at radius 1 is 1.19 bits per heavy atom. The van der Waals surface area contributed by atoms with Crippen LogP contribution in [0.2, 0.25) is 0 Å². The molecule has 1 aromatic carbocycles. The van der Waals surface area contributed by atoms with Gasteiger partial charge in [-0.15, -0.1) is 0 Å². The lowest BCUT2D eigenvalue weighted by atomic mass is 10.2. The minimum Gasteiger partial charge on any atom is -0.462 e. The summed E-state index contributed by atoms with van der Waals surface area (Å²) >= 11 is 0. The number of nitro groups is 2. The van der Waals surface area contributed by atoms with E-state index in [9.17, 15) is 25.0 Å². The van der Waals surface area contributed by atoms with Crippen molar-refractivity contribution in [1.29, 1.82) is 0 Å². The molecule has 0 aliphatic rings. The summed E-state index contributed by atoms with van der Waals surface area (Å²) in [5, 5.41) is 21.4. The third-order valence-electron chi connectivity index (χ3n) is 2.54. The van der Waals surface area contributed by atoms with E-state index in [-0.39, 0.29) is 12.2 Å². The van der Waals surface area contributed by atoms with Crippen LogP contribution in [0.15, 0.2) is 30.4 Å². The standard InChI is InChI=1S/C13H14N2O6/c1-2-3-4-5-6-21-13(16)10-7-11(14(17)18)9-12(8-10)15(19)20/h2-3,7-9H,4-6H2,1H3/b3-2+. The SMILES string of the molecule is C/C=C/CCCOC(=O)c1cc([N+](=O)[O-])cc([N+](=O)[O-])c1. The van der Waals surface area contributed by atoms with Crippen molar-refractivity contribution >= 4 is 17.3 Å². The highest BCUT2D eigenvalue weighted by Crippen LogP contribution is 2.23.